The monoisotopic (exact) mass is 358 g/mol. The van der Waals surface area contributed by atoms with Crippen molar-refractivity contribution in [3.63, 3.8) is 0 Å². The number of aliphatic hydroxyl groups is 1. The second-order valence-electron chi connectivity index (χ2n) is 7.81. The van der Waals surface area contributed by atoms with E-state index in [-0.39, 0.29) is 11.8 Å². The van der Waals surface area contributed by atoms with E-state index < -0.39 is 17.2 Å². The van der Waals surface area contributed by atoms with Crippen LogP contribution in [0, 0.1) is 30.4 Å². The average molecular weight is 358 g/mol. The molecule has 1 saturated heterocycles. The molecule has 0 amide bonds. The van der Waals surface area contributed by atoms with Gasteiger partial charge >= 0.3 is 0 Å². The van der Waals surface area contributed by atoms with Crippen molar-refractivity contribution >= 4 is 0 Å². The molecule has 0 radical (unpaired) electrons. The number of piperidine rings is 1. The Morgan fingerprint density at radius 2 is 1.85 bits per heavy atom. The van der Waals surface area contributed by atoms with Crippen molar-refractivity contribution in [3.05, 3.63) is 65.0 Å². The number of halogens is 2. The molecule has 1 aliphatic carbocycles. The van der Waals surface area contributed by atoms with Gasteiger partial charge in [0.05, 0.1) is 5.69 Å². The van der Waals surface area contributed by atoms with Gasteiger partial charge in [-0.15, -0.1) is 0 Å². The molecule has 0 unspecified atom stereocenters. The number of aromatic nitrogens is 1. The summed E-state index contributed by atoms with van der Waals surface area (Å²) < 4.78 is 26.7. The van der Waals surface area contributed by atoms with Gasteiger partial charge in [-0.1, -0.05) is 18.6 Å². The minimum atomic E-state index is -0.892. The van der Waals surface area contributed by atoms with Crippen LogP contribution >= 0.6 is 0 Å². The predicted octanol–water partition coefficient (Wildman–Crippen LogP) is 3.79. The number of nitrogens with zero attached hydrogens (tertiary/aromatic N) is 2. The summed E-state index contributed by atoms with van der Waals surface area (Å²) in [5, 5.41) is 11.6. The molecule has 2 heterocycles. The molecule has 1 saturated carbocycles. The fraction of sp³-hybridized carbons (Fsp3) is 0.476. The molecule has 4 rings (SSSR count). The Kier molecular flexibility index (Phi) is 4.53. The largest absolute Gasteiger partial charge is 0.383 e. The molecule has 1 aromatic heterocycles. The van der Waals surface area contributed by atoms with Gasteiger partial charge in [0.15, 0.2) is 11.6 Å². The lowest BCUT2D eigenvalue weighted by Gasteiger charge is -2.52. The maximum absolute atomic E-state index is 13.5. The van der Waals surface area contributed by atoms with Crippen molar-refractivity contribution in [1.82, 2.24) is 9.88 Å². The van der Waals surface area contributed by atoms with Gasteiger partial charge in [-0.05, 0) is 49.1 Å². The van der Waals surface area contributed by atoms with Gasteiger partial charge in [0.25, 0.3) is 0 Å². The fourth-order valence-electron chi connectivity index (χ4n) is 4.69. The summed E-state index contributed by atoms with van der Waals surface area (Å²) in [4.78, 5) is 6.78. The number of rotatable bonds is 3. The number of fused-ring (bicyclic) bond motifs is 2. The van der Waals surface area contributed by atoms with E-state index in [4.69, 9.17) is 0 Å². The van der Waals surface area contributed by atoms with Gasteiger partial charge in [-0.2, -0.15) is 0 Å². The highest BCUT2D eigenvalue weighted by Gasteiger charge is 2.52. The van der Waals surface area contributed by atoms with Crippen LogP contribution in [0.1, 0.15) is 36.1 Å². The summed E-state index contributed by atoms with van der Waals surface area (Å²) in [5.74, 6) is -1.41. The first-order valence-electron chi connectivity index (χ1n) is 9.28. The van der Waals surface area contributed by atoms with Crippen LogP contribution in [0.4, 0.5) is 8.78 Å². The van der Waals surface area contributed by atoms with Gasteiger partial charge in [-0.25, -0.2) is 8.78 Å². The second-order valence-corrected chi connectivity index (χ2v) is 7.81. The van der Waals surface area contributed by atoms with Crippen LogP contribution in [-0.2, 0) is 12.1 Å². The highest BCUT2D eigenvalue weighted by atomic mass is 19.2. The van der Waals surface area contributed by atoms with E-state index >= 15 is 0 Å². The standard InChI is InChI=1S/C21H24F2N2O/c1-14-5-8-20(24-10-14)21(26)16-3-2-4-17(21)13-25(12-16)11-15-6-7-18(22)19(23)9-15/h5-10,16-17,26H,2-4,11-13H2,1H3/t16-,17-/m1/s1. The summed E-state index contributed by atoms with van der Waals surface area (Å²) in [7, 11) is 0. The number of hydrogen-bond acceptors (Lipinski definition) is 3. The van der Waals surface area contributed by atoms with Crippen LogP contribution in [-0.4, -0.2) is 28.1 Å². The molecule has 2 atom stereocenters. The molecule has 2 bridgehead atoms. The Morgan fingerprint density at radius 3 is 2.46 bits per heavy atom. The maximum Gasteiger partial charge on any atom is 0.159 e. The van der Waals surface area contributed by atoms with Crippen molar-refractivity contribution < 1.29 is 13.9 Å². The highest BCUT2D eigenvalue weighted by Crippen LogP contribution is 2.48. The fourth-order valence-corrected chi connectivity index (χ4v) is 4.69. The zero-order chi connectivity index (χ0) is 18.3. The SMILES string of the molecule is Cc1ccc(C2(O)[C@@H]3CCC[C@@H]2CN(Cc2ccc(F)c(F)c2)C3)nc1. The Balaban J connectivity index is 1.56. The van der Waals surface area contributed by atoms with E-state index in [2.05, 4.69) is 9.88 Å². The Morgan fingerprint density at radius 1 is 1.12 bits per heavy atom. The van der Waals surface area contributed by atoms with E-state index in [1.165, 1.54) is 12.1 Å². The predicted molar refractivity (Wildman–Crippen MR) is 95.3 cm³/mol. The van der Waals surface area contributed by atoms with Crippen LogP contribution in [0.2, 0.25) is 0 Å². The first-order chi connectivity index (χ1) is 12.5. The first kappa shape index (κ1) is 17.6. The molecule has 2 aliphatic rings. The number of pyridine rings is 1. The van der Waals surface area contributed by atoms with Crippen molar-refractivity contribution in [2.45, 2.75) is 38.3 Å². The minimum absolute atomic E-state index is 0.107. The summed E-state index contributed by atoms with van der Waals surface area (Å²) >= 11 is 0. The van der Waals surface area contributed by atoms with E-state index in [9.17, 15) is 13.9 Å². The van der Waals surface area contributed by atoms with Gasteiger partial charge < -0.3 is 5.11 Å². The molecule has 1 aliphatic heterocycles. The molecule has 3 nitrogen and oxygen atoms in total. The lowest BCUT2D eigenvalue weighted by atomic mass is 9.64. The van der Waals surface area contributed by atoms with Gasteiger partial charge in [0.1, 0.15) is 5.60 Å². The number of aryl methyl sites for hydroxylation is 1. The number of likely N-dealkylation sites (tertiary alicyclic amines) is 1. The number of hydrogen-bond donors (Lipinski definition) is 1. The average Bonchev–Trinajstić information content (AvgIpc) is 2.60. The maximum atomic E-state index is 13.5. The topological polar surface area (TPSA) is 36.4 Å². The second kappa shape index (κ2) is 6.71. The lowest BCUT2D eigenvalue weighted by molar-refractivity contribution is -0.151. The molecule has 1 aromatic carbocycles. The van der Waals surface area contributed by atoms with Gasteiger partial charge in [0.2, 0.25) is 0 Å². The molecule has 26 heavy (non-hydrogen) atoms. The van der Waals surface area contributed by atoms with Crippen LogP contribution < -0.4 is 0 Å². The first-order valence-corrected chi connectivity index (χ1v) is 9.28. The van der Waals surface area contributed by atoms with Crippen molar-refractivity contribution in [2.75, 3.05) is 13.1 Å². The van der Waals surface area contributed by atoms with Crippen LogP contribution in [0.25, 0.3) is 0 Å². The van der Waals surface area contributed by atoms with Crippen LogP contribution in [0.3, 0.4) is 0 Å². The zero-order valence-electron chi connectivity index (χ0n) is 15.0. The van der Waals surface area contributed by atoms with Gasteiger partial charge in [-0.3, -0.25) is 9.88 Å². The summed E-state index contributed by atoms with van der Waals surface area (Å²) in [6, 6.07) is 8.04. The third kappa shape index (κ3) is 3.03. The van der Waals surface area contributed by atoms with E-state index in [0.717, 1.165) is 49.2 Å². The van der Waals surface area contributed by atoms with E-state index in [1.807, 2.05) is 25.3 Å². The summed E-state index contributed by atoms with van der Waals surface area (Å²) in [6.07, 6.45) is 4.84. The smallest absolute Gasteiger partial charge is 0.159 e. The van der Waals surface area contributed by atoms with Gasteiger partial charge in [0, 0.05) is 37.7 Å². The van der Waals surface area contributed by atoms with Crippen LogP contribution in [0.15, 0.2) is 36.5 Å². The lowest BCUT2D eigenvalue weighted by Crippen LogP contribution is -2.58. The summed E-state index contributed by atoms with van der Waals surface area (Å²) in [6.45, 7) is 4.04. The van der Waals surface area contributed by atoms with E-state index in [0.29, 0.717) is 6.54 Å². The van der Waals surface area contributed by atoms with Crippen molar-refractivity contribution in [2.24, 2.45) is 11.8 Å². The normalized spacial score (nSPS) is 28.9. The Bertz CT molecular complexity index is 779. The van der Waals surface area contributed by atoms with Crippen molar-refractivity contribution in [3.8, 4) is 0 Å². The molecule has 138 valence electrons. The third-order valence-corrected chi connectivity index (χ3v) is 6.02. The molecule has 2 aromatic rings. The third-order valence-electron chi connectivity index (χ3n) is 6.02. The Hall–Kier alpha value is -1.85. The molecular formula is C21H24F2N2O. The molecule has 0 spiro atoms. The molecule has 2 fully saturated rings. The highest BCUT2D eigenvalue weighted by molar-refractivity contribution is 5.23. The quantitative estimate of drug-likeness (QED) is 0.907. The molecule has 5 heteroatoms. The van der Waals surface area contributed by atoms with Crippen LogP contribution in [0.5, 0.6) is 0 Å². The minimum Gasteiger partial charge on any atom is -0.383 e. The summed E-state index contributed by atoms with van der Waals surface area (Å²) in [5.41, 5.74) is 1.72. The van der Waals surface area contributed by atoms with E-state index in [1.54, 1.807) is 6.07 Å². The molecule has 1 N–H and O–H groups in total. The van der Waals surface area contributed by atoms with Crippen molar-refractivity contribution in [1.29, 1.82) is 0 Å². The zero-order valence-corrected chi connectivity index (χ0v) is 15.0. The Labute approximate surface area is 152 Å². The molecular weight excluding hydrogens is 334 g/mol. The number of benzene rings is 1.